The number of rotatable bonds is 5. The van der Waals surface area contributed by atoms with Crippen LogP contribution in [0.15, 0.2) is 65.5 Å². The van der Waals surface area contributed by atoms with E-state index in [0.717, 1.165) is 6.42 Å². The van der Waals surface area contributed by atoms with Crippen molar-refractivity contribution >= 4 is 11.8 Å². The molecule has 0 saturated carbocycles. The molecular formula is C25H24FN3O4. The molecular weight excluding hydrogens is 425 g/mol. The SMILES string of the molecule is Cn1c(C2CCCN2C(=O)c2ccccc2)cc(C(=O)NCc2ccc(F)cc2)c(O)c1=O. The van der Waals surface area contributed by atoms with Crippen LogP contribution in [-0.2, 0) is 13.6 Å². The largest absolute Gasteiger partial charge is 0.502 e. The maximum Gasteiger partial charge on any atom is 0.293 e. The van der Waals surface area contributed by atoms with Crippen LogP contribution >= 0.6 is 0 Å². The van der Waals surface area contributed by atoms with Crippen LogP contribution in [0.4, 0.5) is 4.39 Å². The zero-order valence-corrected chi connectivity index (χ0v) is 18.1. The standard InChI is InChI=1S/C25H24FN3O4/c1-28-21(20-8-5-13-29(20)24(32)17-6-3-2-4-7-17)14-19(22(30)25(28)33)23(31)27-15-16-9-11-18(26)12-10-16/h2-4,6-7,9-12,14,20,30H,5,8,13,15H2,1H3,(H,27,31). The summed E-state index contributed by atoms with van der Waals surface area (Å²) in [7, 11) is 1.51. The molecule has 1 unspecified atom stereocenters. The number of benzene rings is 2. The van der Waals surface area contributed by atoms with Gasteiger partial charge in [0.05, 0.1) is 11.6 Å². The summed E-state index contributed by atoms with van der Waals surface area (Å²) in [6, 6.07) is 15.6. The monoisotopic (exact) mass is 449 g/mol. The van der Waals surface area contributed by atoms with Crippen LogP contribution in [0.3, 0.4) is 0 Å². The first kappa shape index (κ1) is 22.3. The third-order valence-electron chi connectivity index (χ3n) is 5.93. The van der Waals surface area contributed by atoms with Gasteiger partial charge >= 0.3 is 0 Å². The molecule has 4 rings (SSSR count). The van der Waals surface area contributed by atoms with E-state index in [9.17, 15) is 23.9 Å². The van der Waals surface area contributed by atoms with E-state index in [-0.39, 0.29) is 23.8 Å². The van der Waals surface area contributed by atoms with Crippen LogP contribution in [0.5, 0.6) is 5.75 Å². The first-order valence-electron chi connectivity index (χ1n) is 10.7. The summed E-state index contributed by atoms with van der Waals surface area (Å²) in [5.41, 5.74) is 0.827. The fourth-order valence-electron chi connectivity index (χ4n) is 4.14. The number of amides is 2. The van der Waals surface area contributed by atoms with E-state index in [1.54, 1.807) is 29.2 Å². The van der Waals surface area contributed by atoms with Crippen molar-refractivity contribution in [1.29, 1.82) is 0 Å². The molecule has 2 heterocycles. The van der Waals surface area contributed by atoms with Crippen molar-refractivity contribution in [3.8, 4) is 5.75 Å². The number of aromatic nitrogens is 1. The van der Waals surface area contributed by atoms with Gasteiger partial charge in [-0.2, -0.15) is 0 Å². The number of carbonyl (C=O) groups excluding carboxylic acids is 2. The minimum absolute atomic E-state index is 0.102. The molecule has 1 fully saturated rings. The Balaban J connectivity index is 1.62. The van der Waals surface area contributed by atoms with Crippen molar-refractivity contribution in [3.05, 3.63) is 99.2 Å². The lowest BCUT2D eigenvalue weighted by Crippen LogP contribution is -2.35. The second kappa shape index (κ2) is 9.28. The Kier molecular flexibility index (Phi) is 6.26. The Morgan fingerprint density at radius 2 is 1.82 bits per heavy atom. The van der Waals surface area contributed by atoms with Crippen molar-refractivity contribution in [2.75, 3.05) is 6.54 Å². The van der Waals surface area contributed by atoms with Gasteiger partial charge in [-0.1, -0.05) is 30.3 Å². The van der Waals surface area contributed by atoms with E-state index in [2.05, 4.69) is 5.32 Å². The van der Waals surface area contributed by atoms with Crippen molar-refractivity contribution in [3.63, 3.8) is 0 Å². The molecule has 0 aliphatic carbocycles. The van der Waals surface area contributed by atoms with Crippen molar-refractivity contribution in [2.45, 2.75) is 25.4 Å². The van der Waals surface area contributed by atoms with Crippen molar-refractivity contribution in [2.24, 2.45) is 7.05 Å². The lowest BCUT2D eigenvalue weighted by Gasteiger charge is -2.27. The molecule has 1 aliphatic heterocycles. The number of nitrogens with one attached hydrogen (secondary N) is 1. The van der Waals surface area contributed by atoms with E-state index < -0.39 is 23.3 Å². The van der Waals surface area contributed by atoms with Gasteiger partial charge in [0.15, 0.2) is 5.75 Å². The van der Waals surface area contributed by atoms with Crippen molar-refractivity contribution < 1.29 is 19.1 Å². The second-order valence-corrected chi connectivity index (χ2v) is 8.03. The van der Waals surface area contributed by atoms with Crippen LogP contribution < -0.4 is 10.9 Å². The highest BCUT2D eigenvalue weighted by molar-refractivity contribution is 5.97. The first-order valence-corrected chi connectivity index (χ1v) is 10.7. The summed E-state index contributed by atoms with van der Waals surface area (Å²) in [6.45, 7) is 0.630. The van der Waals surface area contributed by atoms with E-state index in [0.29, 0.717) is 29.8 Å². The van der Waals surface area contributed by atoms with Gasteiger partial charge in [0.1, 0.15) is 5.82 Å². The van der Waals surface area contributed by atoms with E-state index >= 15 is 0 Å². The number of likely N-dealkylation sites (tertiary alicyclic amines) is 1. The Morgan fingerprint density at radius 1 is 1.12 bits per heavy atom. The number of halogens is 1. The van der Waals surface area contributed by atoms with Gasteiger partial charge in [-0.15, -0.1) is 0 Å². The Hall–Kier alpha value is -3.94. The van der Waals surface area contributed by atoms with Gasteiger partial charge in [-0.25, -0.2) is 4.39 Å². The van der Waals surface area contributed by atoms with Gasteiger partial charge in [-0.3, -0.25) is 14.4 Å². The number of carbonyl (C=O) groups is 2. The Morgan fingerprint density at radius 3 is 2.52 bits per heavy atom. The summed E-state index contributed by atoms with van der Waals surface area (Å²) < 4.78 is 14.4. The third kappa shape index (κ3) is 4.50. The molecule has 8 heteroatoms. The zero-order valence-electron chi connectivity index (χ0n) is 18.1. The number of hydrogen-bond acceptors (Lipinski definition) is 4. The molecule has 2 amide bonds. The topological polar surface area (TPSA) is 91.6 Å². The molecule has 1 saturated heterocycles. The zero-order chi connectivity index (χ0) is 23.5. The average Bonchev–Trinajstić information content (AvgIpc) is 3.32. The summed E-state index contributed by atoms with van der Waals surface area (Å²) in [6.07, 6.45) is 1.39. The van der Waals surface area contributed by atoms with E-state index in [4.69, 9.17) is 0 Å². The van der Waals surface area contributed by atoms with E-state index in [1.807, 2.05) is 6.07 Å². The fraction of sp³-hybridized carbons (Fsp3) is 0.240. The number of hydrogen-bond donors (Lipinski definition) is 2. The molecule has 7 nitrogen and oxygen atoms in total. The molecule has 3 aromatic rings. The Bertz CT molecular complexity index is 1240. The van der Waals surface area contributed by atoms with Gasteiger partial charge in [-0.05, 0) is 48.7 Å². The minimum atomic E-state index is -0.710. The van der Waals surface area contributed by atoms with Crippen LogP contribution in [0.1, 0.15) is 50.9 Å². The summed E-state index contributed by atoms with van der Waals surface area (Å²) in [5.74, 6) is -1.82. The molecule has 1 atom stereocenters. The third-order valence-corrected chi connectivity index (χ3v) is 5.93. The summed E-state index contributed by atoms with van der Waals surface area (Å²) in [4.78, 5) is 40.3. The molecule has 0 radical (unpaired) electrons. The predicted octanol–water partition coefficient (Wildman–Crippen LogP) is 3.14. The van der Waals surface area contributed by atoms with Crippen LogP contribution in [0.2, 0.25) is 0 Å². The predicted molar refractivity (Wildman–Crippen MR) is 120 cm³/mol. The van der Waals surface area contributed by atoms with Gasteiger partial charge in [0.25, 0.3) is 17.4 Å². The highest BCUT2D eigenvalue weighted by Gasteiger charge is 2.33. The molecule has 33 heavy (non-hydrogen) atoms. The fourth-order valence-corrected chi connectivity index (χ4v) is 4.14. The maximum atomic E-state index is 13.1. The van der Waals surface area contributed by atoms with Crippen LogP contribution in [0, 0.1) is 5.82 Å². The first-order chi connectivity index (χ1) is 15.9. The maximum absolute atomic E-state index is 13.1. The normalized spacial score (nSPS) is 15.5. The smallest absolute Gasteiger partial charge is 0.293 e. The van der Waals surface area contributed by atoms with Gasteiger partial charge in [0.2, 0.25) is 0 Å². The minimum Gasteiger partial charge on any atom is -0.502 e. The number of pyridine rings is 1. The lowest BCUT2D eigenvalue weighted by atomic mass is 10.1. The quantitative estimate of drug-likeness (QED) is 0.626. The van der Waals surface area contributed by atoms with Crippen molar-refractivity contribution in [1.82, 2.24) is 14.8 Å². The average molecular weight is 449 g/mol. The van der Waals surface area contributed by atoms with Crippen LogP contribution in [0.25, 0.3) is 0 Å². The molecule has 170 valence electrons. The molecule has 0 bridgehead atoms. The molecule has 1 aromatic heterocycles. The molecule has 0 spiro atoms. The number of nitrogens with zero attached hydrogens (tertiary/aromatic N) is 2. The molecule has 2 N–H and O–H groups in total. The lowest BCUT2D eigenvalue weighted by molar-refractivity contribution is 0.0730. The number of aromatic hydroxyl groups is 1. The summed E-state index contributed by atoms with van der Waals surface area (Å²) in [5, 5.41) is 13.0. The highest BCUT2D eigenvalue weighted by Crippen LogP contribution is 2.33. The Labute approximate surface area is 190 Å². The summed E-state index contributed by atoms with van der Waals surface area (Å²) >= 11 is 0. The molecule has 2 aromatic carbocycles. The highest BCUT2D eigenvalue weighted by atomic mass is 19.1. The van der Waals surface area contributed by atoms with E-state index in [1.165, 1.54) is 41.9 Å². The molecule has 1 aliphatic rings. The van der Waals surface area contributed by atoms with Crippen LogP contribution in [-0.4, -0.2) is 32.9 Å². The van der Waals surface area contributed by atoms with Gasteiger partial charge in [0, 0.05) is 31.4 Å². The van der Waals surface area contributed by atoms with Gasteiger partial charge < -0.3 is 19.9 Å². The second-order valence-electron chi connectivity index (χ2n) is 8.03.